The molecule has 0 saturated carbocycles. The van der Waals surface area contributed by atoms with Crippen LogP contribution >= 0.6 is 106 Å². The molecule has 0 radical (unpaired) electrons. The van der Waals surface area contributed by atoms with E-state index in [2.05, 4.69) is 106 Å². The normalized spacial score (nSPS) is 9.75. The molecule has 0 atom stereocenters. The van der Waals surface area contributed by atoms with E-state index in [1.54, 1.807) is 0 Å². The van der Waals surface area contributed by atoms with Crippen LogP contribution < -0.4 is 0 Å². The third-order valence-electron chi connectivity index (χ3n) is 0. The first-order valence-electron chi connectivity index (χ1n) is 1.29. The van der Waals surface area contributed by atoms with Crippen LogP contribution in [-0.2, 0) is 0 Å². The maximum Gasteiger partial charge on any atom is 0.174 e. The summed E-state index contributed by atoms with van der Waals surface area (Å²) in [4.78, 5) is 0. The molecule has 0 aromatic rings. The molecule has 0 aromatic heterocycles. The van der Waals surface area contributed by atoms with Gasteiger partial charge in [0.05, 0.1) is 0 Å². The molecule has 0 unspecified atom stereocenters. The van der Waals surface area contributed by atoms with Gasteiger partial charge >= 0.3 is 0 Å². The van der Waals surface area contributed by atoms with Gasteiger partial charge in [-0.25, -0.2) is 4.39 Å². The van der Waals surface area contributed by atoms with E-state index in [-0.39, 0.29) is 0 Å². The van der Waals surface area contributed by atoms with Gasteiger partial charge in [0.25, 0.3) is 0 Å². The molecule has 0 saturated heterocycles. The van der Waals surface area contributed by atoms with Gasteiger partial charge in [0, 0.05) is 0 Å². The second-order valence-corrected chi connectivity index (χ2v) is 19.8. The van der Waals surface area contributed by atoms with Gasteiger partial charge in [-0.15, -0.1) is 0 Å². The molecule has 0 bridgehead atoms. The van der Waals surface area contributed by atoms with Gasteiger partial charge in [-0.05, 0) is 90.4 Å². The molecule has 6 heteroatoms. The van der Waals surface area contributed by atoms with Gasteiger partial charge in [-0.1, -0.05) is 15.9 Å². The summed E-state index contributed by atoms with van der Waals surface area (Å²) in [6, 6.07) is 0. The van der Waals surface area contributed by atoms with Gasteiger partial charge in [-0.2, -0.15) is 0 Å². The third-order valence-corrected chi connectivity index (χ3v) is 0. The maximum absolute atomic E-state index is 10.2. The van der Waals surface area contributed by atoms with Gasteiger partial charge < -0.3 is 0 Å². The van der Waals surface area contributed by atoms with E-state index in [4.69, 9.17) is 0 Å². The monoisotopic (exact) mass is 632 g/mol. The molecule has 0 fully saturated rings. The fourth-order valence-electron chi connectivity index (χ4n) is 0. The summed E-state index contributed by atoms with van der Waals surface area (Å²) in [6.45, 7) is 0. The Hall–Kier alpha value is 3.33. The fraction of sp³-hybridized carbons (Fsp3) is 1.00. The van der Waals surface area contributed by atoms with Crippen LogP contribution in [0.3, 0.4) is 0 Å². The minimum atomic E-state index is -0.438. The second kappa shape index (κ2) is 8.43. The van der Waals surface area contributed by atoms with E-state index in [0.717, 1.165) is 0 Å². The molecule has 0 heterocycles. The van der Waals surface area contributed by atoms with Crippen LogP contribution in [0, 0.1) is 0 Å². The topological polar surface area (TPSA) is 0 Å². The lowest BCUT2D eigenvalue weighted by Gasteiger charge is -1.94. The Morgan fingerprint density at radius 3 is 1.25 bits per heavy atom. The van der Waals surface area contributed by atoms with Crippen LogP contribution in [0.4, 0.5) is 4.39 Å². The minimum absolute atomic E-state index is 0.380. The quantitative estimate of drug-likeness (QED) is 0.270. The zero-order valence-corrected chi connectivity index (χ0v) is 13.7. The first kappa shape index (κ1) is 13.9. The average molecular weight is 633 g/mol. The number of halogens is 6. The molecule has 0 spiro atoms. The molecule has 0 aliphatic heterocycles. The van der Waals surface area contributed by atoms with E-state index < -0.39 is 5.58 Å². The van der Waals surface area contributed by atoms with E-state index in [1.807, 2.05) is 0 Å². The van der Waals surface area contributed by atoms with Crippen molar-refractivity contribution in [1.29, 1.82) is 0 Å². The van der Waals surface area contributed by atoms with Crippen molar-refractivity contribution in [3.63, 3.8) is 0 Å². The predicted molar refractivity (Wildman–Crippen MR) is 73.7 cm³/mol. The molecule has 0 rings (SSSR count). The van der Waals surface area contributed by atoms with Crippen LogP contribution in [0.5, 0.6) is 0 Å². The molecule has 52 valence electrons. The van der Waals surface area contributed by atoms with Crippen molar-refractivity contribution in [2.24, 2.45) is 0 Å². The highest BCUT2D eigenvalue weighted by Crippen LogP contribution is 2.42. The highest BCUT2D eigenvalue weighted by atomic mass is 127. The molecule has 0 N–H and O–H groups in total. The van der Waals surface area contributed by atoms with Crippen molar-refractivity contribution < 1.29 is 4.39 Å². The lowest BCUT2D eigenvalue weighted by molar-refractivity contribution is 0.613. The highest BCUT2D eigenvalue weighted by molar-refractivity contribution is 14.4. The van der Waals surface area contributed by atoms with Gasteiger partial charge in [0.1, 0.15) is 5.58 Å². The molecule has 0 aliphatic rings. The SMILES string of the molecule is FCBr.IC(I)(I)I. The van der Waals surface area contributed by atoms with E-state index in [9.17, 15) is 4.39 Å². The Balaban J connectivity index is 0. The predicted octanol–water partition coefficient (Wildman–Crippen LogP) is 4.65. The van der Waals surface area contributed by atoms with Crippen molar-refractivity contribution in [2.45, 2.75) is -2.56 Å². The van der Waals surface area contributed by atoms with Crippen LogP contribution in [0.15, 0.2) is 0 Å². The van der Waals surface area contributed by atoms with Crippen LogP contribution in [0.1, 0.15) is 0 Å². The summed E-state index contributed by atoms with van der Waals surface area (Å²) in [6.07, 6.45) is 0. The van der Waals surface area contributed by atoms with Gasteiger partial charge in [0.15, 0.2) is -2.56 Å². The van der Waals surface area contributed by atoms with E-state index in [1.165, 1.54) is 0 Å². The summed E-state index contributed by atoms with van der Waals surface area (Å²) < 4.78 is 10.6. The van der Waals surface area contributed by atoms with Crippen LogP contribution in [0.25, 0.3) is 0 Å². The van der Waals surface area contributed by atoms with Crippen molar-refractivity contribution >= 4 is 106 Å². The molecule has 8 heavy (non-hydrogen) atoms. The first-order chi connectivity index (χ1) is 3.41. The summed E-state index contributed by atoms with van der Waals surface area (Å²) in [5, 5.41) is 0. The van der Waals surface area contributed by atoms with Crippen molar-refractivity contribution in [1.82, 2.24) is 0 Å². The van der Waals surface area contributed by atoms with E-state index >= 15 is 0 Å². The Morgan fingerprint density at radius 2 is 1.25 bits per heavy atom. The summed E-state index contributed by atoms with van der Waals surface area (Å²) >= 11 is 11.8. The Bertz CT molecular complexity index is 37.8. The zero-order valence-electron chi connectivity index (χ0n) is 3.47. The Labute approximate surface area is 111 Å². The zero-order chi connectivity index (χ0) is 7.21. The number of hydrogen-bond acceptors (Lipinski definition) is 0. The van der Waals surface area contributed by atoms with Crippen molar-refractivity contribution in [2.75, 3.05) is 5.58 Å². The van der Waals surface area contributed by atoms with Crippen molar-refractivity contribution in [3.8, 4) is 0 Å². The molecule has 0 nitrogen and oxygen atoms in total. The smallest absolute Gasteiger partial charge is 0.174 e. The number of rotatable bonds is 0. The first-order valence-corrected chi connectivity index (χ1v) is 6.73. The number of hydrogen-bond donors (Lipinski definition) is 0. The molecule has 0 amide bonds. The van der Waals surface area contributed by atoms with Crippen LogP contribution in [0.2, 0.25) is 0 Å². The van der Waals surface area contributed by atoms with Crippen LogP contribution in [-0.4, -0.2) is 3.03 Å². The second-order valence-electron chi connectivity index (χ2n) is 0.530. The van der Waals surface area contributed by atoms with Gasteiger partial charge in [0.2, 0.25) is 0 Å². The lowest BCUT2D eigenvalue weighted by Crippen LogP contribution is -1.73. The average Bonchev–Trinajstić information content (AvgIpc) is 1.27. The molecule has 0 aliphatic carbocycles. The molecular weight excluding hydrogens is 631 g/mol. The fourth-order valence-corrected chi connectivity index (χ4v) is 0. The lowest BCUT2D eigenvalue weighted by atomic mass is 11.9. The molecular formula is C2H2BrFI4. The maximum atomic E-state index is 10.2. The third kappa shape index (κ3) is 58.4. The Morgan fingerprint density at radius 1 is 1.25 bits per heavy atom. The number of alkyl halides is 6. The Kier molecular flexibility index (Phi) is 14.6. The summed E-state index contributed by atoms with van der Waals surface area (Å²) in [5.41, 5.74) is -0.438. The summed E-state index contributed by atoms with van der Waals surface area (Å²) in [5.74, 6) is 0. The van der Waals surface area contributed by atoms with E-state index in [0.29, 0.717) is -2.56 Å². The van der Waals surface area contributed by atoms with Crippen molar-refractivity contribution in [3.05, 3.63) is 0 Å². The minimum Gasteiger partial charge on any atom is -0.239 e. The highest BCUT2D eigenvalue weighted by Gasteiger charge is 2.07. The molecule has 0 aromatic carbocycles. The van der Waals surface area contributed by atoms with Gasteiger partial charge in [-0.3, -0.25) is 0 Å². The summed E-state index contributed by atoms with van der Waals surface area (Å²) in [7, 11) is 0. The standard InChI is InChI=1S/CH2BrF.CI4/c2-1-3;2-1(3,4)5/h1H2;. The largest absolute Gasteiger partial charge is 0.239 e.